The van der Waals surface area contributed by atoms with Gasteiger partial charge in [-0.2, -0.15) is 0 Å². The number of carbonyl (C=O) groups excluding carboxylic acids is 1. The van der Waals surface area contributed by atoms with Crippen molar-refractivity contribution in [3.05, 3.63) is 63.2 Å². The number of anilines is 1. The second-order valence-corrected chi connectivity index (χ2v) is 6.17. The van der Waals surface area contributed by atoms with Crippen molar-refractivity contribution in [1.29, 1.82) is 0 Å². The molecule has 0 fully saturated rings. The third-order valence-corrected chi connectivity index (χ3v) is 3.73. The fourth-order valence-electron chi connectivity index (χ4n) is 2.02. The van der Waals surface area contributed by atoms with E-state index in [1.54, 1.807) is 31.2 Å². The maximum Gasteiger partial charge on any atom is 0.272 e. The van der Waals surface area contributed by atoms with E-state index in [0.717, 1.165) is 0 Å². The van der Waals surface area contributed by atoms with Gasteiger partial charge in [-0.15, -0.1) is 0 Å². The molecule has 25 heavy (non-hydrogen) atoms. The zero-order valence-corrected chi connectivity index (χ0v) is 14.4. The van der Waals surface area contributed by atoms with E-state index in [0.29, 0.717) is 22.0 Å². The van der Waals surface area contributed by atoms with E-state index >= 15 is 0 Å². The van der Waals surface area contributed by atoms with Crippen LogP contribution in [0, 0.1) is 17.0 Å². The molecule has 8 heteroatoms. The maximum absolute atomic E-state index is 12.2. The molecule has 0 saturated heterocycles. The third kappa shape index (κ3) is 4.91. The van der Waals surface area contributed by atoms with Crippen LogP contribution in [-0.4, -0.2) is 28.1 Å². The minimum Gasteiger partial charge on any atom is -0.490 e. The number of carbonyl (C=O) groups is 1. The number of aliphatic hydroxyl groups is 1. The highest BCUT2D eigenvalue weighted by molar-refractivity contribution is 6.30. The topological polar surface area (TPSA) is 102 Å². The Labute approximate surface area is 149 Å². The van der Waals surface area contributed by atoms with Crippen LogP contribution in [0.15, 0.2) is 42.5 Å². The van der Waals surface area contributed by atoms with Crippen LogP contribution < -0.4 is 10.1 Å². The molecule has 0 radical (unpaired) electrons. The van der Waals surface area contributed by atoms with Crippen LogP contribution in [0.5, 0.6) is 5.75 Å². The van der Waals surface area contributed by atoms with Gasteiger partial charge in [0.25, 0.3) is 11.6 Å². The second-order valence-electron chi connectivity index (χ2n) is 5.73. The van der Waals surface area contributed by atoms with Gasteiger partial charge in [0.1, 0.15) is 12.4 Å². The number of nitrogens with zero attached hydrogens (tertiary/aromatic N) is 1. The van der Waals surface area contributed by atoms with Crippen molar-refractivity contribution in [3.8, 4) is 5.75 Å². The lowest BCUT2D eigenvalue weighted by molar-refractivity contribution is -0.385. The average molecular weight is 365 g/mol. The van der Waals surface area contributed by atoms with Crippen LogP contribution >= 0.6 is 11.6 Å². The van der Waals surface area contributed by atoms with Crippen LogP contribution in [0.2, 0.25) is 5.02 Å². The van der Waals surface area contributed by atoms with Crippen molar-refractivity contribution in [2.75, 3.05) is 11.9 Å². The van der Waals surface area contributed by atoms with Gasteiger partial charge in [0.05, 0.1) is 4.92 Å². The molecule has 0 saturated carbocycles. The van der Waals surface area contributed by atoms with Crippen LogP contribution in [0.3, 0.4) is 0 Å². The maximum atomic E-state index is 12.2. The van der Waals surface area contributed by atoms with Gasteiger partial charge in [0.15, 0.2) is 5.60 Å². The highest BCUT2D eigenvalue weighted by Crippen LogP contribution is 2.23. The highest BCUT2D eigenvalue weighted by Gasteiger charge is 2.31. The van der Waals surface area contributed by atoms with Crippen LogP contribution in [0.4, 0.5) is 11.4 Å². The van der Waals surface area contributed by atoms with Gasteiger partial charge in [0, 0.05) is 22.3 Å². The number of hydrogen-bond donors (Lipinski definition) is 2. The molecule has 2 N–H and O–H groups in total. The third-order valence-electron chi connectivity index (χ3n) is 3.47. The molecule has 0 unspecified atom stereocenters. The molecular formula is C17H17ClN2O5. The number of hydrogen-bond acceptors (Lipinski definition) is 5. The molecule has 0 aliphatic rings. The number of halogens is 1. The van der Waals surface area contributed by atoms with Gasteiger partial charge in [-0.3, -0.25) is 14.9 Å². The largest absolute Gasteiger partial charge is 0.490 e. The predicted octanol–water partition coefficient (Wildman–Crippen LogP) is 3.33. The minimum atomic E-state index is -1.80. The van der Waals surface area contributed by atoms with Gasteiger partial charge < -0.3 is 15.2 Å². The second kappa shape index (κ2) is 7.50. The summed E-state index contributed by atoms with van der Waals surface area (Å²) in [5, 5.41) is 24.2. The fourth-order valence-corrected chi connectivity index (χ4v) is 2.15. The highest BCUT2D eigenvalue weighted by atomic mass is 35.5. The van der Waals surface area contributed by atoms with Gasteiger partial charge in [-0.05, 0) is 50.2 Å². The Bertz CT molecular complexity index is 790. The Morgan fingerprint density at radius 2 is 1.96 bits per heavy atom. The minimum absolute atomic E-state index is 0.0455. The molecule has 132 valence electrons. The molecule has 2 aromatic carbocycles. The normalized spacial score (nSPS) is 13.0. The van der Waals surface area contributed by atoms with Gasteiger partial charge in [-0.1, -0.05) is 11.6 Å². The van der Waals surface area contributed by atoms with E-state index in [2.05, 4.69) is 5.32 Å². The zero-order valence-electron chi connectivity index (χ0n) is 13.7. The molecule has 0 aromatic heterocycles. The number of nitro benzene ring substituents is 1. The van der Waals surface area contributed by atoms with E-state index in [4.69, 9.17) is 16.3 Å². The Morgan fingerprint density at radius 3 is 2.52 bits per heavy atom. The summed E-state index contributed by atoms with van der Waals surface area (Å²) in [6.45, 7) is 2.61. The molecule has 0 aliphatic carbocycles. The first kappa shape index (κ1) is 18.7. The summed E-state index contributed by atoms with van der Waals surface area (Å²) in [5.74, 6) is -0.224. The number of amides is 1. The SMILES string of the molecule is Cc1cc(NC(=O)[C@@](C)(O)COc2ccc(Cl)cc2)ccc1[N+](=O)[O-]. The summed E-state index contributed by atoms with van der Waals surface area (Å²) < 4.78 is 5.40. The summed E-state index contributed by atoms with van der Waals surface area (Å²) in [7, 11) is 0. The molecule has 2 aromatic rings. The van der Waals surface area contributed by atoms with E-state index in [1.807, 2.05) is 0 Å². The molecule has 2 rings (SSSR count). The summed E-state index contributed by atoms with van der Waals surface area (Å²) in [6.07, 6.45) is 0. The van der Waals surface area contributed by atoms with E-state index in [-0.39, 0.29) is 12.3 Å². The van der Waals surface area contributed by atoms with E-state index < -0.39 is 16.4 Å². The molecule has 1 amide bonds. The lowest BCUT2D eigenvalue weighted by Gasteiger charge is -2.22. The quantitative estimate of drug-likeness (QED) is 0.604. The zero-order chi connectivity index (χ0) is 18.6. The van der Waals surface area contributed by atoms with Gasteiger partial charge in [-0.25, -0.2) is 0 Å². The van der Waals surface area contributed by atoms with Crippen molar-refractivity contribution < 1.29 is 19.6 Å². The Hall–Kier alpha value is -2.64. The first-order valence-corrected chi connectivity index (χ1v) is 7.74. The number of nitro groups is 1. The molecule has 1 atom stereocenters. The van der Waals surface area contributed by atoms with E-state index in [1.165, 1.54) is 25.1 Å². The lowest BCUT2D eigenvalue weighted by atomic mass is 10.1. The summed E-state index contributed by atoms with van der Waals surface area (Å²) in [5.41, 5.74) is -1.09. The molecule has 0 bridgehead atoms. The summed E-state index contributed by atoms with van der Waals surface area (Å²) in [4.78, 5) is 22.5. The number of benzene rings is 2. The summed E-state index contributed by atoms with van der Waals surface area (Å²) >= 11 is 5.77. The average Bonchev–Trinajstić information content (AvgIpc) is 2.54. The monoisotopic (exact) mass is 364 g/mol. The molecule has 0 aliphatic heterocycles. The molecule has 0 heterocycles. The summed E-state index contributed by atoms with van der Waals surface area (Å²) in [6, 6.07) is 10.7. The Kier molecular flexibility index (Phi) is 5.61. The molecular weight excluding hydrogens is 348 g/mol. The first-order valence-electron chi connectivity index (χ1n) is 7.36. The fraction of sp³-hybridized carbons (Fsp3) is 0.235. The number of nitrogens with one attached hydrogen (secondary N) is 1. The van der Waals surface area contributed by atoms with Gasteiger partial charge >= 0.3 is 0 Å². The first-order chi connectivity index (χ1) is 11.7. The molecule has 7 nitrogen and oxygen atoms in total. The van der Waals surface area contributed by atoms with Crippen LogP contribution in [0.1, 0.15) is 12.5 Å². The number of ether oxygens (including phenoxy) is 1. The van der Waals surface area contributed by atoms with Crippen molar-refractivity contribution in [2.24, 2.45) is 0 Å². The van der Waals surface area contributed by atoms with Crippen molar-refractivity contribution >= 4 is 28.9 Å². The standard InChI is InChI=1S/C17H17ClN2O5/c1-11-9-13(5-8-15(11)20(23)24)19-16(21)17(2,22)10-25-14-6-3-12(18)4-7-14/h3-9,22H,10H2,1-2H3,(H,19,21)/t17-/m0/s1. The number of aryl methyl sites for hydroxylation is 1. The van der Waals surface area contributed by atoms with Crippen molar-refractivity contribution in [2.45, 2.75) is 19.4 Å². The Morgan fingerprint density at radius 1 is 1.32 bits per heavy atom. The smallest absolute Gasteiger partial charge is 0.272 e. The molecule has 0 spiro atoms. The van der Waals surface area contributed by atoms with Crippen molar-refractivity contribution in [1.82, 2.24) is 0 Å². The van der Waals surface area contributed by atoms with Crippen molar-refractivity contribution in [3.63, 3.8) is 0 Å². The van der Waals surface area contributed by atoms with E-state index in [9.17, 15) is 20.0 Å². The van der Waals surface area contributed by atoms with Crippen LogP contribution in [-0.2, 0) is 4.79 Å². The Balaban J connectivity index is 2.01. The number of rotatable bonds is 6. The van der Waals surface area contributed by atoms with Gasteiger partial charge in [0.2, 0.25) is 0 Å². The predicted molar refractivity (Wildman–Crippen MR) is 94.0 cm³/mol. The van der Waals surface area contributed by atoms with Crippen LogP contribution in [0.25, 0.3) is 0 Å². The lowest BCUT2D eigenvalue weighted by Crippen LogP contribution is -2.45.